The molecule has 2 N–H and O–H groups in total. The molecule has 1 saturated heterocycles. The summed E-state index contributed by atoms with van der Waals surface area (Å²) in [6.45, 7) is 3.73. The third-order valence-corrected chi connectivity index (χ3v) is 5.01. The van der Waals surface area contributed by atoms with E-state index in [2.05, 4.69) is 44.8 Å². The molecule has 1 heterocycles. The van der Waals surface area contributed by atoms with E-state index in [4.69, 9.17) is 0 Å². The highest BCUT2D eigenvalue weighted by atomic mass is 127. The second kappa shape index (κ2) is 13.8. The number of hydrogen-bond donors (Lipinski definition) is 2. The number of nitrogens with zero attached hydrogens (tertiary/aromatic N) is 3. The smallest absolute Gasteiger partial charge is 0.239 e. The first-order valence-corrected chi connectivity index (χ1v) is 10.1. The Balaban J connectivity index is 0.00000392. The van der Waals surface area contributed by atoms with Gasteiger partial charge in [-0.2, -0.15) is 0 Å². The molecule has 7 heteroatoms. The van der Waals surface area contributed by atoms with Crippen molar-refractivity contribution < 1.29 is 4.79 Å². The summed E-state index contributed by atoms with van der Waals surface area (Å²) in [7, 11) is 5.49. The summed E-state index contributed by atoms with van der Waals surface area (Å²) >= 11 is 0. The van der Waals surface area contributed by atoms with E-state index in [1.165, 1.54) is 5.56 Å². The van der Waals surface area contributed by atoms with Gasteiger partial charge in [-0.15, -0.1) is 24.0 Å². The molecule has 1 atom stereocenters. The first-order chi connectivity index (χ1) is 13.1. The highest BCUT2D eigenvalue weighted by Crippen LogP contribution is 2.18. The van der Waals surface area contributed by atoms with Crippen LogP contribution >= 0.6 is 24.0 Å². The number of hydrogen-bond acceptors (Lipinski definition) is 3. The summed E-state index contributed by atoms with van der Waals surface area (Å²) in [5.41, 5.74) is 1.37. The summed E-state index contributed by atoms with van der Waals surface area (Å²) < 4.78 is 0. The molecule has 2 rings (SSSR count). The van der Waals surface area contributed by atoms with Crippen molar-refractivity contribution in [2.75, 3.05) is 47.3 Å². The third kappa shape index (κ3) is 8.34. The van der Waals surface area contributed by atoms with Gasteiger partial charge in [-0.3, -0.25) is 14.7 Å². The van der Waals surface area contributed by atoms with Gasteiger partial charge in [0, 0.05) is 40.8 Å². The van der Waals surface area contributed by atoms with E-state index in [1.807, 2.05) is 20.2 Å². The Hall–Kier alpha value is -1.35. The lowest BCUT2D eigenvalue weighted by atomic mass is 10.1. The van der Waals surface area contributed by atoms with Crippen LogP contribution in [0.25, 0.3) is 0 Å². The molecule has 1 aliphatic rings. The molecule has 1 fully saturated rings. The number of amides is 1. The molecule has 1 aromatic carbocycles. The van der Waals surface area contributed by atoms with Gasteiger partial charge in [0.05, 0.1) is 6.04 Å². The fourth-order valence-corrected chi connectivity index (χ4v) is 3.53. The highest BCUT2D eigenvalue weighted by molar-refractivity contribution is 14.0. The minimum Gasteiger partial charge on any atom is -0.356 e. The van der Waals surface area contributed by atoms with E-state index in [0.717, 1.165) is 64.2 Å². The predicted octanol–water partition coefficient (Wildman–Crippen LogP) is 2.34. The predicted molar refractivity (Wildman–Crippen MR) is 127 cm³/mol. The Morgan fingerprint density at radius 3 is 2.50 bits per heavy atom. The van der Waals surface area contributed by atoms with Gasteiger partial charge in [0.15, 0.2) is 5.96 Å². The largest absolute Gasteiger partial charge is 0.356 e. The average molecular weight is 501 g/mol. The number of carbonyl (C=O) groups excluding carboxylic acids is 1. The molecular weight excluding hydrogens is 465 g/mol. The van der Waals surface area contributed by atoms with Crippen molar-refractivity contribution in [3.8, 4) is 0 Å². The fraction of sp³-hybridized carbons (Fsp3) is 0.619. The van der Waals surface area contributed by atoms with E-state index in [0.29, 0.717) is 0 Å². The van der Waals surface area contributed by atoms with Crippen molar-refractivity contribution in [1.82, 2.24) is 20.4 Å². The zero-order valence-corrected chi connectivity index (χ0v) is 19.8. The normalized spacial score (nSPS) is 17.1. The van der Waals surface area contributed by atoms with Crippen LogP contribution in [0.3, 0.4) is 0 Å². The van der Waals surface area contributed by atoms with Crippen molar-refractivity contribution in [2.24, 2.45) is 4.99 Å². The van der Waals surface area contributed by atoms with Crippen LogP contribution < -0.4 is 10.6 Å². The second-order valence-corrected chi connectivity index (χ2v) is 7.30. The first-order valence-electron chi connectivity index (χ1n) is 10.1. The summed E-state index contributed by atoms with van der Waals surface area (Å²) in [5, 5.41) is 6.75. The Bertz CT molecular complexity index is 594. The first kappa shape index (κ1) is 24.7. The molecule has 1 aromatic rings. The van der Waals surface area contributed by atoms with E-state index in [1.54, 1.807) is 11.9 Å². The lowest BCUT2D eigenvalue weighted by Gasteiger charge is -2.26. The van der Waals surface area contributed by atoms with Crippen LogP contribution in [-0.4, -0.2) is 75.0 Å². The quantitative estimate of drug-likeness (QED) is 0.236. The van der Waals surface area contributed by atoms with Gasteiger partial charge >= 0.3 is 0 Å². The van der Waals surface area contributed by atoms with Gasteiger partial charge in [0.1, 0.15) is 0 Å². The number of likely N-dealkylation sites (tertiary alicyclic amines) is 1. The molecular formula is C21H36IN5O. The number of aliphatic imine (C=N–C) groups is 1. The van der Waals surface area contributed by atoms with Crippen molar-refractivity contribution in [3.05, 3.63) is 35.9 Å². The molecule has 158 valence electrons. The molecule has 1 amide bonds. The maximum Gasteiger partial charge on any atom is 0.239 e. The van der Waals surface area contributed by atoms with Crippen LogP contribution in [0.5, 0.6) is 0 Å². The molecule has 1 aliphatic heterocycles. The molecule has 0 radical (unpaired) electrons. The van der Waals surface area contributed by atoms with Crippen LogP contribution in [0.2, 0.25) is 0 Å². The molecule has 6 nitrogen and oxygen atoms in total. The van der Waals surface area contributed by atoms with Gasteiger partial charge < -0.3 is 15.5 Å². The molecule has 0 bridgehead atoms. The Morgan fingerprint density at radius 2 is 1.86 bits per heavy atom. The number of nitrogens with one attached hydrogen (secondary N) is 2. The van der Waals surface area contributed by atoms with Crippen LogP contribution in [0.15, 0.2) is 35.3 Å². The minimum absolute atomic E-state index is 0. The van der Waals surface area contributed by atoms with E-state index < -0.39 is 0 Å². The minimum atomic E-state index is 0. The van der Waals surface area contributed by atoms with Crippen molar-refractivity contribution in [3.63, 3.8) is 0 Å². The fourth-order valence-electron chi connectivity index (χ4n) is 3.53. The number of aryl methyl sites for hydroxylation is 1. The van der Waals surface area contributed by atoms with E-state index in [9.17, 15) is 4.79 Å². The van der Waals surface area contributed by atoms with Gasteiger partial charge in [0.25, 0.3) is 0 Å². The standard InChI is InChI=1S/C21H35N5O.HI/c1-22-21(23-14-7-12-18-10-5-4-6-11-18)24-15-9-17-26-16-8-13-19(26)20(27)25(2)3;/h4-6,10-11,19H,7-9,12-17H2,1-3H3,(H2,22,23,24);1H. The summed E-state index contributed by atoms with van der Waals surface area (Å²) in [5.74, 6) is 1.08. The zero-order chi connectivity index (χ0) is 19.5. The number of carbonyl (C=O) groups is 1. The summed E-state index contributed by atoms with van der Waals surface area (Å²) in [4.78, 5) is 20.6. The van der Waals surface area contributed by atoms with Gasteiger partial charge in [-0.05, 0) is 44.2 Å². The lowest BCUT2D eigenvalue weighted by molar-refractivity contribution is -0.133. The van der Waals surface area contributed by atoms with Crippen molar-refractivity contribution >= 4 is 35.8 Å². The Labute approximate surface area is 187 Å². The number of likely N-dealkylation sites (N-methyl/N-ethyl adjacent to an activating group) is 1. The monoisotopic (exact) mass is 501 g/mol. The van der Waals surface area contributed by atoms with Gasteiger partial charge in [0.2, 0.25) is 5.91 Å². The maximum atomic E-state index is 12.2. The molecule has 28 heavy (non-hydrogen) atoms. The van der Waals surface area contributed by atoms with Crippen LogP contribution in [0, 0.1) is 0 Å². The lowest BCUT2D eigenvalue weighted by Crippen LogP contribution is -2.44. The molecule has 0 saturated carbocycles. The van der Waals surface area contributed by atoms with Gasteiger partial charge in [-0.1, -0.05) is 30.3 Å². The summed E-state index contributed by atoms with van der Waals surface area (Å²) in [6, 6.07) is 10.6. The molecule has 0 aromatic heterocycles. The topological polar surface area (TPSA) is 60.0 Å². The van der Waals surface area contributed by atoms with E-state index >= 15 is 0 Å². The maximum absolute atomic E-state index is 12.2. The number of guanidine groups is 1. The molecule has 0 aliphatic carbocycles. The Morgan fingerprint density at radius 1 is 1.18 bits per heavy atom. The molecule has 1 unspecified atom stereocenters. The SMILES string of the molecule is CN=C(NCCCc1ccccc1)NCCCN1CCCC1C(=O)N(C)C.I. The Kier molecular flexibility index (Phi) is 12.1. The van der Waals surface area contributed by atoms with Gasteiger partial charge in [-0.25, -0.2) is 0 Å². The summed E-state index contributed by atoms with van der Waals surface area (Å²) in [6.07, 6.45) is 5.24. The second-order valence-electron chi connectivity index (χ2n) is 7.30. The highest BCUT2D eigenvalue weighted by Gasteiger charge is 2.30. The zero-order valence-electron chi connectivity index (χ0n) is 17.5. The average Bonchev–Trinajstić information content (AvgIpc) is 3.15. The number of halogens is 1. The van der Waals surface area contributed by atoms with E-state index in [-0.39, 0.29) is 35.9 Å². The van der Waals surface area contributed by atoms with Crippen molar-refractivity contribution in [2.45, 2.75) is 38.1 Å². The number of rotatable bonds is 9. The van der Waals surface area contributed by atoms with Crippen LogP contribution in [0.4, 0.5) is 0 Å². The third-order valence-electron chi connectivity index (χ3n) is 5.01. The number of benzene rings is 1. The van der Waals surface area contributed by atoms with Crippen LogP contribution in [0.1, 0.15) is 31.2 Å². The van der Waals surface area contributed by atoms with Crippen LogP contribution in [-0.2, 0) is 11.2 Å². The van der Waals surface area contributed by atoms with Crippen molar-refractivity contribution in [1.29, 1.82) is 0 Å². The molecule has 0 spiro atoms.